The smallest absolute Gasteiger partial charge is 0.268 e. The molecule has 0 spiro atoms. The van der Waals surface area contributed by atoms with Gasteiger partial charge in [-0.3, -0.25) is 4.79 Å². The van der Waals surface area contributed by atoms with Gasteiger partial charge in [0, 0.05) is 32.9 Å². The highest BCUT2D eigenvalue weighted by Gasteiger charge is 2.29. The van der Waals surface area contributed by atoms with Gasteiger partial charge in [0.05, 0.1) is 0 Å². The number of aryl methyl sites for hydroxylation is 1. The van der Waals surface area contributed by atoms with E-state index in [4.69, 9.17) is 9.47 Å². The van der Waals surface area contributed by atoms with Crippen LogP contribution in [0, 0.1) is 0 Å². The zero-order chi connectivity index (χ0) is 19.0. The fraction of sp³-hybridized carbons (Fsp3) is 0.389. The van der Waals surface area contributed by atoms with E-state index in [1.807, 2.05) is 12.1 Å². The maximum atomic E-state index is 12.7. The first-order chi connectivity index (χ1) is 12.9. The topological polar surface area (TPSA) is 89.9 Å². The fourth-order valence-corrected chi connectivity index (χ4v) is 4.89. The van der Waals surface area contributed by atoms with E-state index in [1.165, 1.54) is 21.1 Å². The molecule has 0 aliphatic carbocycles. The van der Waals surface area contributed by atoms with Gasteiger partial charge < -0.3 is 19.4 Å². The van der Waals surface area contributed by atoms with Crippen LogP contribution < -0.4 is 14.8 Å². The molecule has 144 valence electrons. The lowest BCUT2D eigenvalue weighted by atomic mass is 10.2. The predicted molar refractivity (Wildman–Crippen MR) is 97.1 cm³/mol. The van der Waals surface area contributed by atoms with Crippen molar-refractivity contribution in [2.45, 2.75) is 24.3 Å². The van der Waals surface area contributed by atoms with E-state index >= 15 is 0 Å². The quantitative estimate of drug-likeness (QED) is 0.834. The normalized spacial score (nSPS) is 16.6. The monoisotopic (exact) mass is 391 g/mol. The Balaban J connectivity index is 1.47. The van der Waals surface area contributed by atoms with Crippen LogP contribution in [-0.2, 0) is 23.6 Å². The van der Waals surface area contributed by atoms with Crippen LogP contribution in [0.5, 0.6) is 11.5 Å². The number of ether oxygens (including phenoxy) is 2. The van der Waals surface area contributed by atoms with Crippen molar-refractivity contribution >= 4 is 15.9 Å². The van der Waals surface area contributed by atoms with E-state index in [0.717, 1.165) is 18.4 Å². The summed E-state index contributed by atoms with van der Waals surface area (Å²) in [7, 11) is -1.88. The van der Waals surface area contributed by atoms with Gasteiger partial charge in [-0.2, -0.15) is 4.31 Å². The van der Waals surface area contributed by atoms with Crippen LogP contribution in [0.15, 0.2) is 35.4 Å². The molecule has 0 atom stereocenters. The molecule has 27 heavy (non-hydrogen) atoms. The average molecular weight is 391 g/mol. The number of fused-ring (bicyclic) bond motifs is 1. The molecule has 0 radical (unpaired) electrons. The first-order valence-electron chi connectivity index (χ1n) is 8.78. The Morgan fingerprint density at radius 2 is 1.89 bits per heavy atom. The molecule has 1 aromatic heterocycles. The molecular weight excluding hydrogens is 370 g/mol. The number of hydrogen-bond donors (Lipinski definition) is 1. The lowest BCUT2D eigenvalue weighted by Crippen LogP contribution is -2.27. The number of sulfonamides is 1. The van der Waals surface area contributed by atoms with E-state index in [2.05, 4.69) is 5.32 Å². The van der Waals surface area contributed by atoms with Crippen LogP contribution in [0.1, 0.15) is 28.9 Å². The molecular formula is C18H21N3O5S. The molecule has 1 N–H and O–H groups in total. The van der Waals surface area contributed by atoms with Gasteiger partial charge in [-0.05, 0) is 36.6 Å². The van der Waals surface area contributed by atoms with Gasteiger partial charge in [0.1, 0.15) is 10.6 Å². The van der Waals surface area contributed by atoms with Crippen molar-refractivity contribution in [3.8, 4) is 11.5 Å². The SMILES string of the molecule is Cn1cc(S(=O)(=O)N2CCCC2)cc1C(=O)NCc1ccc2c(c1)OCO2. The zero-order valence-corrected chi connectivity index (χ0v) is 15.8. The van der Waals surface area contributed by atoms with Gasteiger partial charge in [0.15, 0.2) is 11.5 Å². The maximum absolute atomic E-state index is 12.7. The Bertz CT molecular complexity index is 977. The van der Waals surface area contributed by atoms with Crippen molar-refractivity contribution < 1.29 is 22.7 Å². The fourth-order valence-electron chi connectivity index (χ4n) is 3.30. The van der Waals surface area contributed by atoms with Gasteiger partial charge in [0.25, 0.3) is 5.91 Å². The van der Waals surface area contributed by atoms with Gasteiger partial charge in [-0.15, -0.1) is 0 Å². The summed E-state index contributed by atoms with van der Waals surface area (Å²) in [5, 5.41) is 2.82. The number of aromatic nitrogens is 1. The average Bonchev–Trinajstić information content (AvgIpc) is 3.39. The highest BCUT2D eigenvalue weighted by molar-refractivity contribution is 7.89. The third-order valence-electron chi connectivity index (χ3n) is 4.81. The minimum atomic E-state index is -3.55. The minimum absolute atomic E-state index is 0.153. The molecule has 1 fully saturated rings. The molecule has 4 rings (SSSR count). The summed E-state index contributed by atoms with van der Waals surface area (Å²) in [4.78, 5) is 12.7. The largest absolute Gasteiger partial charge is 0.454 e. The highest BCUT2D eigenvalue weighted by Crippen LogP contribution is 2.32. The van der Waals surface area contributed by atoms with Crippen LogP contribution >= 0.6 is 0 Å². The summed E-state index contributed by atoms with van der Waals surface area (Å²) >= 11 is 0. The van der Waals surface area contributed by atoms with Crippen LogP contribution in [-0.4, -0.2) is 43.1 Å². The number of carbonyl (C=O) groups excluding carboxylic acids is 1. The molecule has 8 nitrogen and oxygen atoms in total. The third-order valence-corrected chi connectivity index (χ3v) is 6.67. The molecule has 1 amide bonds. The Morgan fingerprint density at radius 3 is 2.67 bits per heavy atom. The van der Waals surface area contributed by atoms with Crippen LogP contribution in [0.4, 0.5) is 0 Å². The molecule has 1 aromatic carbocycles. The Morgan fingerprint density at radius 1 is 1.15 bits per heavy atom. The molecule has 1 saturated heterocycles. The summed E-state index contributed by atoms with van der Waals surface area (Å²) in [6.07, 6.45) is 3.23. The van der Waals surface area contributed by atoms with Gasteiger partial charge >= 0.3 is 0 Å². The Labute approximate surface area is 157 Å². The third kappa shape index (κ3) is 3.40. The van der Waals surface area contributed by atoms with Crippen molar-refractivity contribution in [1.29, 1.82) is 0 Å². The first kappa shape index (κ1) is 17.9. The number of carbonyl (C=O) groups is 1. The number of benzene rings is 1. The molecule has 0 saturated carbocycles. The van der Waals surface area contributed by atoms with Crippen molar-refractivity contribution in [1.82, 2.24) is 14.2 Å². The number of rotatable bonds is 5. The zero-order valence-electron chi connectivity index (χ0n) is 15.0. The first-order valence-corrected chi connectivity index (χ1v) is 10.2. The Kier molecular flexibility index (Phi) is 4.56. The van der Waals surface area contributed by atoms with Gasteiger partial charge in [-0.1, -0.05) is 6.07 Å². The maximum Gasteiger partial charge on any atom is 0.268 e. The minimum Gasteiger partial charge on any atom is -0.454 e. The second kappa shape index (κ2) is 6.90. The summed E-state index contributed by atoms with van der Waals surface area (Å²) in [6.45, 7) is 1.56. The van der Waals surface area contributed by atoms with E-state index in [-0.39, 0.29) is 17.6 Å². The lowest BCUT2D eigenvalue weighted by Gasteiger charge is -2.13. The molecule has 0 unspecified atom stereocenters. The van der Waals surface area contributed by atoms with E-state index < -0.39 is 10.0 Å². The van der Waals surface area contributed by atoms with Crippen molar-refractivity contribution in [2.24, 2.45) is 7.05 Å². The van der Waals surface area contributed by atoms with E-state index in [9.17, 15) is 13.2 Å². The molecule has 2 aliphatic rings. The summed E-state index contributed by atoms with van der Waals surface area (Å²) < 4.78 is 38.9. The number of nitrogens with zero attached hydrogens (tertiary/aromatic N) is 2. The molecule has 2 aliphatic heterocycles. The standard InChI is InChI=1S/C18H21N3O5S/c1-20-11-14(27(23,24)21-6-2-3-7-21)9-15(20)18(22)19-10-13-4-5-16-17(8-13)26-12-25-16/h4-5,8-9,11H,2-3,6-7,10,12H2,1H3,(H,19,22). The summed E-state index contributed by atoms with van der Waals surface area (Å²) in [6, 6.07) is 6.90. The highest BCUT2D eigenvalue weighted by atomic mass is 32.2. The number of hydrogen-bond acceptors (Lipinski definition) is 5. The van der Waals surface area contributed by atoms with Gasteiger partial charge in [0.2, 0.25) is 16.8 Å². The van der Waals surface area contributed by atoms with Crippen LogP contribution in [0.3, 0.4) is 0 Å². The molecule has 0 bridgehead atoms. The predicted octanol–water partition coefficient (Wildman–Crippen LogP) is 1.47. The van der Waals surface area contributed by atoms with Crippen molar-refractivity contribution in [3.05, 3.63) is 41.7 Å². The molecule has 9 heteroatoms. The lowest BCUT2D eigenvalue weighted by molar-refractivity contribution is 0.0942. The van der Waals surface area contributed by atoms with Gasteiger partial charge in [-0.25, -0.2) is 8.42 Å². The summed E-state index contributed by atoms with van der Waals surface area (Å²) in [5.74, 6) is 1.00. The van der Waals surface area contributed by atoms with E-state index in [0.29, 0.717) is 36.8 Å². The second-order valence-electron chi connectivity index (χ2n) is 6.65. The van der Waals surface area contributed by atoms with Crippen molar-refractivity contribution in [2.75, 3.05) is 19.9 Å². The number of amides is 1. The molecule has 2 aromatic rings. The van der Waals surface area contributed by atoms with Crippen LogP contribution in [0.2, 0.25) is 0 Å². The second-order valence-corrected chi connectivity index (χ2v) is 8.59. The molecule has 3 heterocycles. The number of nitrogens with one attached hydrogen (secondary N) is 1. The summed E-state index contributed by atoms with van der Waals surface area (Å²) in [5.41, 5.74) is 1.17. The van der Waals surface area contributed by atoms with E-state index in [1.54, 1.807) is 13.1 Å². The Hall–Kier alpha value is -2.52. The van der Waals surface area contributed by atoms with Crippen LogP contribution in [0.25, 0.3) is 0 Å². The van der Waals surface area contributed by atoms with Crippen molar-refractivity contribution in [3.63, 3.8) is 0 Å².